The van der Waals surface area contributed by atoms with Gasteiger partial charge in [-0.2, -0.15) is 0 Å². The Balaban J connectivity index is 2.91. The van der Waals surface area contributed by atoms with Crippen molar-refractivity contribution in [2.45, 2.75) is 25.7 Å². The molecule has 0 aromatic carbocycles. The number of rotatable bonds is 5. The Morgan fingerprint density at radius 1 is 1.56 bits per heavy atom. The Morgan fingerprint density at radius 2 is 2.22 bits per heavy atom. The van der Waals surface area contributed by atoms with Crippen molar-refractivity contribution in [2.24, 2.45) is 0 Å². The van der Waals surface area contributed by atoms with E-state index in [0.717, 1.165) is 19.3 Å². The van der Waals surface area contributed by atoms with Crippen molar-refractivity contribution in [3.8, 4) is 0 Å². The quantitative estimate of drug-likeness (QED) is 0.473. The van der Waals surface area contributed by atoms with Crippen LogP contribution < -0.4 is 0 Å². The molecule has 0 aromatic heterocycles. The van der Waals surface area contributed by atoms with Crippen molar-refractivity contribution in [3.05, 3.63) is 0 Å². The lowest BCUT2D eigenvalue weighted by Gasteiger charge is -1.90. The number of hydrogen-bond acceptors (Lipinski definition) is 2. The molecule has 0 aromatic rings. The van der Waals surface area contributed by atoms with Crippen LogP contribution in [-0.4, -0.2) is 16.4 Å². The first-order valence-corrected chi connectivity index (χ1v) is 3.40. The summed E-state index contributed by atoms with van der Waals surface area (Å²) in [5.41, 5.74) is 0. The Hall–Kier alpha value is -0.440. The SMILES string of the molecule is O=C(O)CCCCC=S. The maximum Gasteiger partial charge on any atom is 0.303 e. The zero-order valence-electron chi connectivity index (χ0n) is 5.17. The zero-order chi connectivity index (χ0) is 7.11. The second-order valence-corrected chi connectivity index (χ2v) is 2.14. The second-order valence-electron chi connectivity index (χ2n) is 1.81. The molecule has 1 N–H and O–H groups in total. The maximum absolute atomic E-state index is 9.93. The first kappa shape index (κ1) is 8.56. The minimum absolute atomic E-state index is 0.267. The summed E-state index contributed by atoms with van der Waals surface area (Å²) in [5.74, 6) is -0.723. The molecule has 0 spiro atoms. The van der Waals surface area contributed by atoms with Crippen molar-refractivity contribution in [3.63, 3.8) is 0 Å². The van der Waals surface area contributed by atoms with E-state index in [-0.39, 0.29) is 6.42 Å². The molecule has 0 bridgehead atoms. The summed E-state index contributed by atoms with van der Waals surface area (Å²) in [6.45, 7) is 0. The summed E-state index contributed by atoms with van der Waals surface area (Å²) in [7, 11) is 0. The molecule has 0 unspecified atom stereocenters. The van der Waals surface area contributed by atoms with Gasteiger partial charge in [0.1, 0.15) is 0 Å². The van der Waals surface area contributed by atoms with Gasteiger partial charge >= 0.3 is 5.97 Å². The summed E-state index contributed by atoms with van der Waals surface area (Å²) < 4.78 is 0. The molecule has 0 rings (SSSR count). The fourth-order valence-corrected chi connectivity index (χ4v) is 0.671. The zero-order valence-corrected chi connectivity index (χ0v) is 5.99. The van der Waals surface area contributed by atoms with E-state index in [0.29, 0.717) is 0 Å². The average Bonchev–Trinajstić information content (AvgIpc) is 1.80. The topological polar surface area (TPSA) is 37.3 Å². The summed E-state index contributed by atoms with van der Waals surface area (Å²) in [6, 6.07) is 0. The Morgan fingerprint density at radius 3 is 2.67 bits per heavy atom. The highest BCUT2D eigenvalue weighted by Gasteiger charge is 1.93. The minimum atomic E-state index is -0.723. The molecule has 0 aliphatic carbocycles. The molecule has 2 nitrogen and oxygen atoms in total. The van der Waals surface area contributed by atoms with Crippen LogP contribution in [0.1, 0.15) is 25.7 Å². The third kappa shape index (κ3) is 7.56. The van der Waals surface area contributed by atoms with Gasteiger partial charge in [0.25, 0.3) is 0 Å². The van der Waals surface area contributed by atoms with E-state index in [1.807, 2.05) is 0 Å². The molecule has 0 fully saturated rings. The van der Waals surface area contributed by atoms with E-state index in [9.17, 15) is 4.79 Å². The molecule has 0 amide bonds. The van der Waals surface area contributed by atoms with E-state index in [1.165, 1.54) is 0 Å². The monoisotopic (exact) mass is 146 g/mol. The lowest BCUT2D eigenvalue weighted by molar-refractivity contribution is -0.137. The van der Waals surface area contributed by atoms with Gasteiger partial charge < -0.3 is 5.11 Å². The van der Waals surface area contributed by atoms with Crippen LogP contribution in [0, 0.1) is 0 Å². The molecule has 0 aliphatic heterocycles. The first-order chi connectivity index (χ1) is 4.27. The van der Waals surface area contributed by atoms with Gasteiger partial charge in [-0.1, -0.05) is 12.2 Å². The number of aliphatic carboxylic acids is 1. The van der Waals surface area contributed by atoms with Gasteiger partial charge in [0, 0.05) is 6.42 Å². The third-order valence-corrected chi connectivity index (χ3v) is 1.20. The molecule has 9 heavy (non-hydrogen) atoms. The van der Waals surface area contributed by atoms with Gasteiger partial charge in [-0.15, -0.1) is 0 Å². The maximum atomic E-state index is 9.93. The summed E-state index contributed by atoms with van der Waals surface area (Å²) >= 11 is 4.56. The summed E-state index contributed by atoms with van der Waals surface area (Å²) in [4.78, 5) is 9.93. The smallest absolute Gasteiger partial charge is 0.303 e. The van der Waals surface area contributed by atoms with Gasteiger partial charge in [-0.3, -0.25) is 4.79 Å². The molecular weight excluding hydrogens is 136 g/mol. The number of thiocarbonyl (C=S) groups is 1. The average molecular weight is 146 g/mol. The summed E-state index contributed by atoms with van der Waals surface area (Å²) in [5, 5.41) is 9.82. The van der Waals surface area contributed by atoms with Crippen LogP contribution in [0.5, 0.6) is 0 Å². The lowest BCUT2D eigenvalue weighted by Crippen LogP contribution is -1.93. The molecule has 52 valence electrons. The Kier molecular flexibility index (Phi) is 5.41. The van der Waals surface area contributed by atoms with Crippen LogP contribution in [0.3, 0.4) is 0 Å². The van der Waals surface area contributed by atoms with E-state index >= 15 is 0 Å². The van der Waals surface area contributed by atoms with Crippen molar-refractivity contribution >= 4 is 23.6 Å². The number of carboxylic acids is 1. The number of carboxylic acid groups (broad SMARTS) is 1. The molecule has 0 saturated heterocycles. The van der Waals surface area contributed by atoms with Crippen LogP contribution >= 0.6 is 12.2 Å². The van der Waals surface area contributed by atoms with Gasteiger partial charge in [0.15, 0.2) is 0 Å². The van der Waals surface area contributed by atoms with Gasteiger partial charge in [0.2, 0.25) is 0 Å². The highest BCUT2D eigenvalue weighted by atomic mass is 32.1. The third-order valence-electron chi connectivity index (χ3n) is 0.963. The van der Waals surface area contributed by atoms with Crippen LogP contribution in [0.4, 0.5) is 0 Å². The summed E-state index contributed by atoms with van der Waals surface area (Å²) in [6.07, 6.45) is 2.75. The predicted molar refractivity (Wildman–Crippen MR) is 39.8 cm³/mol. The number of hydrogen-bond donors (Lipinski definition) is 1. The second kappa shape index (κ2) is 5.69. The van der Waals surface area contributed by atoms with Crippen LogP contribution in [-0.2, 0) is 4.79 Å². The normalized spacial score (nSPS) is 8.89. The number of unbranched alkanes of at least 4 members (excludes halogenated alkanes) is 2. The van der Waals surface area contributed by atoms with Crippen molar-refractivity contribution in [2.75, 3.05) is 0 Å². The van der Waals surface area contributed by atoms with E-state index in [2.05, 4.69) is 12.2 Å². The number of carbonyl (C=O) groups is 1. The Bertz CT molecular complexity index is 101. The van der Waals surface area contributed by atoms with Crippen LogP contribution in [0.2, 0.25) is 0 Å². The highest BCUT2D eigenvalue weighted by molar-refractivity contribution is 7.78. The molecule has 0 saturated carbocycles. The Labute approximate surface area is 59.9 Å². The van der Waals surface area contributed by atoms with Crippen LogP contribution in [0.15, 0.2) is 0 Å². The van der Waals surface area contributed by atoms with Crippen LogP contribution in [0.25, 0.3) is 0 Å². The molecule has 0 heterocycles. The molecule has 0 atom stereocenters. The molecule has 0 aliphatic rings. The fraction of sp³-hybridized carbons (Fsp3) is 0.667. The fourth-order valence-electron chi connectivity index (χ4n) is 0.504. The van der Waals surface area contributed by atoms with E-state index in [4.69, 9.17) is 5.11 Å². The van der Waals surface area contributed by atoms with Crippen molar-refractivity contribution < 1.29 is 9.90 Å². The van der Waals surface area contributed by atoms with Crippen molar-refractivity contribution in [1.82, 2.24) is 0 Å². The first-order valence-electron chi connectivity index (χ1n) is 2.93. The van der Waals surface area contributed by atoms with E-state index in [1.54, 1.807) is 5.37 Å². The molecule has 3 heteroatoms. The standard InChI is InChI=1S/C6H10O2S/c7-6(8)4-2-1-3-5-9/h5H,1-4H2,(H,7,8). The predicted octanol–water partition coefficient (Wildman–Crippen LogP) is 1.63. The lowest BCUT2D eigenvalue weighted by atomic mass is 10.2. The van der Waals surface area contributed by atoms with Gasteiger partial charge in [-0.05, 0) is 24.6 Å². The molecule has 0 radical (unpaired) electrons. The highest BCUT2D eigenvalue weighted by Crippen LogP contribution is 1.97. The van der Waals surface area contributed by atoms with Gasteiger partial charge in [-0.25, -0.2) is 0 Å². The largest absolute Gasteiger partial charge is 0.481 e. The van der Waals surface area contributed by atoms with E-state index < -0.39 is 5.97 Å². The minimum Gasteiger partial charge on any atom is -0.481 e. The van der Waals surface area contributed by atoms with Gasteiger partial charge in [0.05, 0.1) is 0 Å². The molecular formula is C6H10O2S. The van der Waals surface area contributed by atoms with Crippen molar-refractivity contribution in [1.29, 1.82) is 0 Å².